The van der Waals surface area contributed by atoms with Crippen LogP contribution in [0.3, 0.4) is 0 Å². The van der Waals surface area contributed by atoms with Gasteiger partial charge in [0, 0.05) is 43.8 Å². The van der Waals surface area contributed by atoms with Crippen molar-refractivity contribution in [2.24, 2.45) is 0 Å². The van der Waals surface area contributed by atoms with Gasteiger partial charge in [-0.1, -0.05) is 44.9 Å². The van der Waals surface area contributed by atoms with Gasteiger partial charge in [0.1, 0.15) is 0 Å². The summed E-state index contributed by atoms with van der Waals surface area (Å²) in [5, 5.41) is 11.4. The second kappa shape index (κ2) is 12.8. The first-order valence-electron chi connectivity index (χ1n) is 6.13. The molecule has 1 aromatic carbocycles. The fraction of sp³-hybridized carbons (Fsp3) is 0.438. The zero-order chi connectivity index (χ0) is 13.3. The molecule has 1 radical (unpaired) electrons. The van der Waals surface area contributed by atoms with Crippen molar-refractivity contribution in [1.29, 1.82) is 0 Å². The Morgan fingerprint density at radius 2 is 1.58 bits per heavy atom. The van der Waals surface area contributed by atoms with Crippen LogP contribution >= 0.6 is 0 Å². The van der Waals surface area contributed by atoms with Crippen molar-refractivity contribution in [3.63, 3.8) is 0 Å². The van der Waals surface area contributed by atoms with Gasteiger partial charge < -0.3 is 12.6 Å². The van der Waals surface area contributed by atoms with E-state index >= 15 is 0 Å². The largest absolute Gasteiger partial charge is 0.625 e. The molecule has 0 heterocycles. The third-order valence-electron chi connectivity index (χ3n) is 2.16. The molecule has 0 aliphatic rings. The summed E-state index contributed by atoms with van der Waals surface area (Å²) < 4.78 is 0.863. The molecule has 0 unspecified atom stereocenters. The summed E-state index contributed by atoms with van der Waals surface area (Å²) >= 11 is 0. The Labute approximate surface area is 144 Å². The third kappa shape index (κ3) is 12.6. The average Bonchev–Trinajstić information content (AvgIpc) is 2.29. The standard InChI is InChI=1S/C11H14NO.C4H10.CH3.Y/c1-11(2,3)12(13)9-10-7-5-4-6-8-10;1-3-4-2;;/h4-9H,1H2,2-3H3;3-4H2,1-2H3;1H3;/q-1;;-1;/b12-9-;;;. The van der Waals surface area contributed by atoms with Gasteiger partial charge in [0.15, 0.2) is 6.21 Å². The molecule has 0 amide bonds. The zero-order valence-corrected chi connectivity index (χ0v) is 15.9. The summed E-state index contributed by atoms with van der Waals surface area (Å²) in [5.74, 6) is 0. The van der Waals surface area contributed by atoms with Gasteiger partial charge in [0.05, 0.1) is 0 Å². The summed E-state index contributed by atoms with van der Waals surface area (Å²) in [7, 11) is 0. The van der Waals surface area contributed by atoms with Crippen LogP contribution in [0, 0.1) is 19.6 Å². The van der Waals surface area contributed by atoms with E-state index in [1.54, 1.807) is 20.1 Å². The fourth-order valence-corrected chi connectivity index (χ4v) is 0.849. The van der Waals surface area contributed by atoms with Crippen LogP contribution in [-0.4, -0.2) is 16.5 Å². The number of rotatable bonds is 3. The summed E-state index contributed by atoms with van der Waals surface area (Å²) in [6, 6.07) is 9.49. The first-order valence-corrected chi connectivity index (χ1v) is 6.13. The maximum Gasteiger partial charge on any atom is 0.179 e. The van der Waals surface area contributed by atoms with E-state index in [0.717, 1.165) is 10.3 Å². The van der Waals surface area contributed by atoms with Gasteiger partial charge in [-0.15, -0.1) is 0 Å². The van der Waals surface area contributed by atoms with Crippen LogP contribution in [0.1, 0.15) is 46.1 Å². The van der Waals surface area contributed by atoms with Gasteiger partial charge in [-0.3, -0.25) is 6.92 Å². The molecule has 0 N–H and O–H groups in total. The molecule has 0 aromatic heterocycles. The molecule has 0 saturated carbocycles. The Morgan fingerprint density at radius 1 is 1.16 bits per heavy atom. The topological polar surface area (TPSA) is 26.1 Å². The molecule has 107 valence electrons. The van der Waals surface area contributed by atoms with Crippen LogP contribution in [0.15, 0.2) is 30.3 Å². The van der Waals surface area contributed by atoms with Crippen molar-refractivity contribution in [2.45, 2.75) is 46.1 Å². The number of hydrogen-bond donors (Lipinski definition) is 0. The predicted octanol–water partition coefficient (Wildman–Crippen LogP) is 4.48. The Morgan fingerprint density at radius 3 is 1.89 bits per heavy atom. The normalized spacial score (nSPS) is 10.5. The van der Waals surface area contributed by atoms with Crippen LogP contribution in [0.4, 0.5) is 0 Å². The summed E-state index contributed by atoms with van der Waals surface area (Å²) in [6.07, 6.45) is 4.19. The van der Waals surface area contributed by atoms with Gasteiger partial charge in [0.2, 0.25) is 0 Å². The van der Waals surface area contributed by atoms with Crippen LogP contribution in [0.25, 0.3) is 0 Å². The van der Waals surface area contributed by atoms with E-state index in [4.69, 9.17) is 0 Å². The Kier molecular flexibility index (Phi) is 16.1. The molecule has 1 aromatic rings. The van der Waals surface area contributed by atoms with E-state index in [1.807, 2.05) is 30.3 Å². The maximum atomic E-state index is 11.4. The Balaban J connectivity index is -0.000000379. The van der Waals surface area contributed by atoms with Gasteiger partial charge in [0.25, 0.3) is 0 Å². The first kappa shape index (κ1) is 23.9. The molecule has 0 saturated heterocycles. The molecule has 0 aliphatic heterocycles. The van der Waals surface area contributed by atoms with Crippen LogP contribution in [-0.2, 0) is 32.7 Å². The van der Waals surface area contributed by atoms with E-state index in [1.165, 1.54) is 12.8 Å². The van der Waals surface area contributed by atoms with E-state index in [9.17, 15) is 5.21 Å². The van der Waals surface area contributed by atoms with Crippen molar-refractivity contribution in [3.8, 4) is 0 Å². The van der Waals surface area contributed by atoms with Gasteiger partial charge >= 0.3 is 0 Å². The van der Waals surface area contributed by atoms with Crippen molar-refractivity contribution < 1.29 is 37.4 Å². The summed E-state index contributed by atoms with van der Waals surface area (Å²) in [4.78, 5) is 0. The summed E-state index contributed by atoms with van der Waals surface area (Å²) in [6.45, 7) is 11.7. The number of hydrogen-bond acceptors (Lipinski definition) is 1. The second-order valence-corrected chi connectivity index (χ2v) is 4.68. The Bertz CT molecular complexity index is 326. The first-order chi connectivity index (χ1) is 7.91. The second-order valence-electron chi connectivity index (χ2n) is 4.68. The van der Waals surface area contributed by atoms with E-state index in [0.29, 0.717) is 0 Å². The molecular formula is C16H27NOY-2. The molecular weight excluding hydrogens is 311 g/mol. The molecule has 2 nitrogen and oxygen atoms in total. The minimum atomic E-state index is -0.615. The number of hydroxylamine groups is 1. The fourth-order valence-electron chi connectivity index (χ4n) is 0.849. The molecule has 3 heteroatoms. The third-order valence-corrected chi connectivity index (χ3v) is 2.16. The van der Waals surface area contributed by atoms with E-state index in [2.05, 4.69) is 20.8 Å². The maximum absolute atomic E-state index is 11.4. The molecule has 0 bridgehead atoms. The smallest absolute Gasteiger partial charge is 0.179 e. The molecule has 19 heavy (non-hydrogen) atoms. The minimum Gasteiger partial charge on any atom is -0.625 e. The Hall–Kier alpha value is -0.206. The van der Waals surface area contributed by atoms with Crippen LogP contribution < -0.4 is 0 Å². The quantitative estimate of drug-likeness (QED) is 0.262. The molecule has 1 rings (SSSR count). The minimum absolute atomic E-state index is 0. The van der Waals surface area contributed by atoms with Crippen LogP contribution in [0.2, 0.25) is 0 Å². The van der Waals surface area contributed by atoms with Crippen molar-refractivity contribution >= 4 is 6.21 Å². The predicted molar refractivity (Wildman–Crippen MR) is 81.7 cm³/mol. The number of nitrogens with zero attached hydrogens (tertiary/aromatic N) is 1. The van der Waals surface area contributed by atoms with E-state index < -0.39 is 5.54 Å². The molecule has 0 aliphatic carbocycles. The van der Waals surface area contributed by atoms with E-state index in [-0.39, 0.29) is 40.1 Å². The van der Waals surface area contributed by atoms with Crippen molar-refractivity contribution in [3.05, 3.63) is 55.5 Å². The van der Waals surface area contributed by atoms with Crippen LogP contribution in [0.5, 0.6) is 0 Å². The van der Waals surface area contributed by atoms with Gasteiger partial charge in [-0.25, -0.2) is 4.74 Å². The molecule has 0 atom stereocenters. The average molecular weight is 338 g/mol. The molecule has 0 spiro atoms. The number of unbranched alkanes of at least 4 members (excludes halogenated alkanes) is 1. The van der Waals surface area contributed by atoms with Crippen molar-refractivity contribution in [1.82, 2.24) is 0 Å². The summed E-state index contributed by atoms with van der Waals surface area (Å²) in [5.41, 5.74) is 0.282. The zero-order valence-electron chi connectivity index (χ0n) is 13.0. The van der Waals surface area contributed by atoms with Gasteiger partial charge in [-0.05, 0) is 26.0 Å². The molecule has 0 fully saturated rings. The van der Waals surface area contributed by atoms with Crippen molar-refractivity contribution in [2.75, 3.05) is 0 Å². The van der Waals surface area contributed by atoms with Gasteiger partial charge in [-0.2, -0.15) is 0 Å². The SMILES string of the molecule is CCCC.[CH2-]C(C)(C)/[N+]([O-])=C/c1ccccc1.[CH3-].[Y]. The number of benzene rings is 1. The monoisotopic (exact) mass is 338 g/mol.